The molecule has 0 fully saturated rings. The summed E-state index contributed by atoms with van der Waals surface area (Å²) in [6.07, 6.45) is 7.41. The highest BCUT2D eigenvalue weighted by molar-refractivity contribution is 7.09. The van der Waals surface area contributed by atoms with Gasteiger partial charge in [0.25, 0.3) is 0 Å². The van der Waals surface area contributed by atoms with Gasteiger partial charge in [-0.25, -0.2) is 4.98 Å². The van der Waals surface area contributed by atoms with Crippen LogP contribution in [0.3, 0.4) is 0 Å². The van der Waals surface area contributed by atoms with Crippen LogP contribution in [0, 0.1) is 0 Å². The lowest BCUT2D eigenvalue weighted by atomic mass is 10.2. The van der Waals surface area contributed by atoms with Gasteiger partial charge in [-0.3, -0.25) is 9.97 Å². The first-order chi connectivity index (χ1) is 7.88. The van der Waals surface area contributed by atoms with Gasteiger partial charge in [-0.15, -0.1) is 11.3 Å². The summed E-state index contributed by atoms with van der Waals surface area (Å²) in [4.78, 5) is 13.2. The van der Waals surface area contributed by atoms with Crippen LogP contribution < -0.4 is 5.32 Å². The number of aliphatic hydroxyl groups is 1. The molecule has 1 unspecified atom stereocenters. The van der Waals surface area contributed by atoms with Gasteiger partial charge in [0.2, 0.25) is 0 Å². The van der Waals surface area contributed by atoms with Crippen molar-refractivity contribution in [3.63, 3.8) is 0 Å². The molecule has 0 radical (unpaired) electrons. The maximum atomic E-state index is 9.26. The molecule has 2 rings (SSSR count). The average Bonchev–Trinajstić information content (AvgIpc) is 2.82. The number of aromatic nitrogens is 3. The van der Waals surface area contributed by atoms with Crippen molar-refractivity contribution in [1.29, 1.82) is 0 Å². The van der Waals surface area contributed by atoms with Crippen LogP contribution in [-0.4, -0.2) is 32.7 Å². The molecule has 16 heavy (non-hydrogen) atoms. The van der Waals surface area contributed by atoms with Gasteiger partial charge in [-0.05, 0) is 0 Å². The van der Waals surface area contributed by atoms with Crippen LogP contribution in [0.5, 0.6) is 0 Å². The molecule has 0 saturated heterocycles. The van der Waals surface area contributed by atoms with Gasteiger partial charge >= 0.3 is 0 Å². The predicted octanol–water partition coefficient (Wildman–Crippen LogP) is 0.949. The summed E-state index contributed by atoms with van der Waals surface area (Å²) >= 11 is 1.58. The van der Waals surface area contributed by atoms with Gasteiger partial charge in [-0.1, -0.05) is 0 Å². The third-order valence-corrected chi connectivity index (χ3v) is 2.87. The normalized spacial score (nSPS) is 12.3. The van der Waals surface area contributed by atoms with Crippen molar-refractivity contribution >= 4 is 17.2 Å². The fraction of sp³-hybridized carbons (Fsp3) is 0.300. The number of hydrogen-bond acceptors (Lipinski definition) is 6. The largest absolute Gasteiger partial charge is 0.394 e. The first kappa shape index (κ1) is 11.0. The molecular formula is C10H12N4OS. The van der Waals surface area contributed by atoms with Crippen molar-refractivity contribution < 1.29 is 5.11 Å². The second kappa shape index (κ2) is 5.53. The molecule has 0 aliphatic rings. The molecule has 2 aromatic rings. The SMILES string of the molecule is OCC(Cc1cncs1)Nc1cnccn1. The van der Waals surface area contributed by atoms with Crippen LogP contribution in [0.4, 0.5) is 5.82 Å². The van der Waals surface area contributed by atoms with Gasteiger partial charge in [0.15, 0.2) is 0 Å². The Hall–Kier alpha value is -1.53. The molecule has 84 valence electrons. The van der Waals surface area contributed by atoms with E-state index in [1.807, 2.05) is 6.20 Å². The Balaban J connectivity index is 1.96. The van der Waals surface area contributed by atoms with Crippen LogP contribution in [0.15, 0.2) is 30.3 Å². The molecule has 0 aliphatic carbocycles. The number of hydrogen-bond donors (Lipinski definition) is 2. The number of aliphatic hydroxyl groups excluding tert-OH is 1. The summed E-state index contributed by atoms with van der Waals surface area (Å²) in [5.41, 5.74) is 1.78. The fourth-order valence-electron chi connectivity index (χ4n) is 1.33. The first-order valence-electron chi connectivity index (χ1n) is 4.89. The molecule has 0 aliphatic heterocycles. The lowest BCUT2D eigenvalue weighted by Crippen LogP contribution is -2.26. The van der Waals surface area contributed by atoms with Crippen molar-refractivity contribution in [3.05, 3.63) is 35.2 Å². The third-order valence-electron chi connectivity index (χ3n) is 2.07. The lowest BCUT2D eigenvalue weighted by molar-refractivity contribution is 0.274. The highest BCUT2D eigenvalue weighted by Crippen LogP contribution is 2.11. The summed E-state index contributed by atoms with van der Waals surface area (Å²) < 4.78 is 0. The van der Waals surface area contributed by atoms with Crippen molar-refractivity contribution in [2.45, 2.75) is 12.5 Å². The standard InChI is InChI=1S/C10H12N4OS/c15-6-8(3-9-4-12-7-16-9)14-10-5-11-1-2-13-10/h1-2,4-5,7-8,15H,3,6H2,(H,13,14). The fourth-order valence-corrected chi connectivity index (χ4v) is 2.01. The van der Waals surface area contributed by atoms with Crippen molar-refractivity contribution in [1.82, 2.24) is 15.0 Å². The minimum absolute atomic E-state index is 0.0501. The lowest BCUT2D eigenvalue weighted by Gasteiger charge is -2.15. The predicted molar refractivity (Wildman–Crippen MR) is 62.3 cm³/mol. The third kappa shape index (κ3) is 2.98. The van der Waals surface area contributed by atoms with Crippen LogP contribution in [0.1, 0.15) is 4.88 Å². The Kier molecular flexibility index (Phi) is 3.79. The summed E-state index contributed by atoms with van der Waals surface area (Å²) in [6, 6.07) is -0.0582. The number of nitrogens with one attached hydrogen (secondary N) is 1. The summed E-state index contributed by atoms with van der Waals surface area (Å²) in [6.45, 7) is 0.0501. The van der Waals surface area contributed by atoms with E-state index in [1.165, 1.54) is 0 Å². The van der Waals surface area contributed by atoms with Crippen molar-refractivity contribution in [2.24, 2.45) is 0 Å². The van der Waals surface area contributed by atoms with E-state index in [0.717, 1.165) is 11.3 Å². The van der Waals surface area contributed by atoms with Crippen molar-refractivity contribution in [2.75, 3.05) is 11.9 Å². The van der Waals surface area contributed by atoms with E-state index in [1.54, 1.807) is 35.4 Å². The van der Waals surface area contributed by atoms with Crippen LogP contribution in [0.2, 0.25) is 0 Å². The average molecular weight is 236 g/mol. The maximum absolute atomic E-state index is 9.26. The van der Waals surface area contributed by atoms with E-state index < -0.39 is 0 Å². The second-order valence-electron chi connectivity index (χ2n) is 3.29. The summed E-state index contributed by atoms with van der Waals surface area (Å²) in [5, 5.41) is 12.4. The molecule has 0 saturated carbocycles. The molecule has 0 bridgehead atoms. The molecule has 1 atom stereocenters. The Bertz CT molecular complexity index is 406. The molecule has 0 amide bonds. The van der Waals surface area contributed by atoms with Gasteiger partial charge in [0, 0.05) is 29.9 Å². The molecule has 6 heteroatoms. The smallest absolute Gasteiger partial charge is 0.144 e. The van der Waals surface area contributed by atoms with Gasteiger partial charge in [0.05, 0.1) is 24.4 Å². The zero-order valence-electron chi connectivity index (χ0n) is 8.58. The maximum Gasteiger partial charge on any atom is 0.144 e. The highest BCUT2D eigenvalue weighted by Gasteiger charge is 2.09. The van der Waals surface area contributed by atoms with E-state index >= 15 is 0 Å². The zero-order chi connectivity index (χ0) is 11.2. The number of thiazole rings is 1. The van der Waals surface area contributed by atoms with Crippen molar-refractivity contribution in [3.8, 4) is 0 Å². The Morgan fingerprint density at radius 3 is 2.88 bits per heavy atom. The summed E-state index contributed by atoms with van der Waals surface area (Å²) in [7, 11) is 0. The Labute approximate surface area is 97.2 Å². The molecule has 2 aromatic heterocycles. The molecule has 0 spiro atoms. The first-order valence-corrected chi connectivity index (χ1v) is 5.77. The van der Waals surface area contributed by atoms with E-state index in [9.17, 15) is 5.11 Å². The van der Waals surface area contributed by atoms with Gasteiger partial charge in [0.1, 0.15) is 5.82 Å². The number of anilines is 1. The minimum atomic E-state index is -0.0582. The van der Waals surface area contributed by atoms with Gasteiger partial charge in [-0.2, -0.15) is 0 Å². The second-order valence-corrected chi connectivity index (χ2v) is 4.26. The molecule has 2 heterocycles. The monoisotopic (exact) mass is 236 g/mol. The number of nitrogens with zero attached hydrogens (tertiary/aromatic N) is 3. The van der Waals surface area contributed by atoms with Gasteiger partial charge < -0.3 is 10.4 Å². The van der Waals surface area contributed by atoms with Crippen LogP contribution in [-0.2, 0) is 6.42 Å². The van der Waals surface area contributed by atoms with E-state index in [2.05, 4.69) is 20.3 Å². The molecule has 5 nitrogen and oxygen atoms in total. The zero-order valence-corrected chi connectivity index (χ0v) is 9.39. The van der Waals surface area contributed by atoms with Crippen LogP contribution in [0.25, 0.3) is 0 Å². The quantitative estimate of drug-likeness (QED) is 0.808. The Morgan fingerprint density at radius 2 is 2.25 bits per heavy atom. The molecular weight excluding hydrogens is 224 g/mol. The van der Waals surface area contributed by atoms with E-state index in [-0.39, 0.29) is 12.6 Å². The molecule has 2 N–H and O–H groups in total. The van der Waals surface area contributed by atoms with E-state index in [4.69, 9.17) is 0 Å². The molecule has 0 aromatic carbocycles. The Morgan fingerprint density at radius 1 is 1.31 bits per heavy atom. The highest BCUT2D eigenvalue weighted by atomic mass is 32.1. The number of rotatable bonds is 5. The van der Waals surface area contributed by atoms with Crippen LogP contribution >= 0.6 is 11.3 Å². The minimum Gasteiger partial charge on any atom is -0.394 e. The summed E-state index contributed by atoms with van der Waals surface area (Å²) in [5.74, 6) is 0.672. The topological polar surface area (TPSA) is 70.9 Å². The van der Waals surface area contributed by atoms with E-state index in [0.29, 0.717) is 5.82 Å².